The molecule has 0 bridgehead atoms. The van der Waals surface area contributed by atoms with Crippen LogP contribution in [0.15, 0.2) is 35.5 Å². The molecule has 0 saturated heterocycles. The fraction of sp³-hybridized carbons (Fsp3) is 0.833. The van der Waals surface area contributed by atoms with Crippen LogP contribution in [0.2, 0.25) is 37.8 Å². The van der Waals surface area contributed by atoms with E-state index in [9.17, 15) is 0 Å². The van der Waals surface area contributed by atoms with Gasteiger partial charge in [-0.2, -0.15) is 0 Å². The summed E-state index contributed by atoms with van der Waals surface area (Å²) in [6.45, 7) is 33.0. The Labute approximate surface area is 252 Å². The third-order valence-electron chi connectivity index (χ3n) is 11.2. The lowest BCUT2D eigenvalue weighted by molar-refractivity contribution is 0.0735. The molecule has 3 rings (SSSR count). The Balaban J connectivity index is 1.65. The van der Waals surface area contributed by atoms with Crippen LogP contribution in [0.1, 0.15) is 119 Å². The van der Waals surface area contributed by atoms with Gasteiger partial charge in [0.1, 0.15) is 0 Å². The van der Waals surface area contributed by atoms with Gasteiger partial charge in [0.2, 0.25) is 0 Å². The highest BCUT2D eigenvalue weighted by molar-refractivity contribution is 6.74. The second kappa shape index (κ2) is 12.7. The fourth-order valence-corrected chi connectivity index (χ4v) is 11.4. The topological polar surface area (TPSA) is 18.5 Å². The highest BCUT2D eigenvalue weighted by atomic mass is 28.4. The maximum absolute atomic E-state index is 6.85. The molecule has 3 fully saturated rings. The van der Waals surface area contributed by atoms with Crippen LogP contribution in [0.25, 0.3) is 0 Å². The maximum Gasteiger partial charge on any atom is 0.192 e. The summed E-state index contributed by atoms with van der Waals surface area (Å²) in [5.74, 6) is 2.40. The van der Waals surface area contributed by atoms with Crippen molar-refractivity contribution in [3.05, 3.63) is 35.5 Å². The first kappa shape index (κ1) is 34.1. The van der Waals surface area contributed by atoms with Gasteiger partial charge in [0, 0.05) is 6.10 Å². The first-order valence-corrected chi connectivity index (χ1v) is 23.0. The predicted octanol–water partition coefficient (Wildman–Crippen LogP) is 11.6. The molecule has 3 aliphatic carbocycles. The van der Waals surface area contributed by atoms with Crippen molar-refractivity contribution in [2.75, 3.05) is 0 Å². The van der Waals surface area contributed by atoms with E-state index < -0.39 is 16.6 Å². The van der Waals surface area contributed by atoms with Crippen LogP contribution < -0.4 is 0 Å². The standard InChI is InChI=1S/C36H66O2Si2/c1-27-18-21-31(37-40(12,13)34(3,4)5)26-30(27)20-19-29-17-15-25-36(8)32(22-23-33(29)36)28(2)16-14-24-35(6,7)38-39(9,10)11/h19-20,28,31-33H,1,14-18,21-26H2,2-13H3/b29-19+,30-20-/t28-,31?,32+,33-,36+/m0/s1. The summed E-state index contributed by atoms with van der Waals surface area (Å²) in [5, 5.41) is 0.258. The molecule has 4 heteroatoms. The van der Waals surface area contributed by atoms with Crippen LogP contribution in [0.3, 0.4) is 0 Å². The second-order valence-electron chi connectivity index (χ2n) is 17.2. The summed E-state index contributed by atoms with van der Waals surface area (Å²) < 4.78 is 13.3. The monoisotopic (exact) mass is 586 g/mol. The van der Waals surface area contributed by atoms with Crippen molar-refractivity contribution in [2.45, 2.75) is 169 Å². The molecule has 0 aliphatic heterocycles. The van der Waals surface area contributed by atoms with E-state index in [1.807, 2.05) is 0 Å². The molecule has 0 spiro atoms. The van der Waals surface area contributed by atoms with Crippen molar-refractivity contribution in [3.63, 3.8) is 0 Å². The average Bonchev–Trinajstić information content (AvgIpc) is 3.14. The zero-order valence-corrected chi connectivity index (χ0v) is 30.8. The summed E-state index contributed by atoms with van der Waals surface area (Å²) >= 11 is 0. The van der Waals surface area contributed by atoms with Gasteiger partial charge in [0.05, 0.1) is 5.60 Å². The molecule has 1 unspecified atom stereocenters. The second-order valence-corrected chi connectivity index (χ2v) is 26.4. The van der Waals surface area contributed by atoms with E-state index in [0.717, 1.165) is 37.0 Å². The quantitative estimate of drug-likeness (QED) is 0.237. The van der Waals surface area contributed by atoms with Crippen LogP contribution in [0.5, 0.6) is 0 Å². The molecule has 40 heavy (non-hydrogen) atoms. The van der Waals surface area contributed by atoms with Crippen LogP contribution in [-0.2, 0) is 8.85 Å². The third kappa shape index (κ3) is 8.57. The van der Waals surface area contributed by atoms with Crippen molar-refractivity contribution in [3.8, 4) is 0 Å². The minimum atomic E-state index is -1.75. The molecule has 3 aliphatic rings. The summed E-state index contributed by atoms with van der Waals surface area (Å²) in [4.78, 5) is 0. The van der Waals surface area contributed by atoms with Gasteiger partial charge in [-0.25, -0.2) is 0 Å². The van der Waals surface area contributed by atoms with Crippen molar-refractivity contribution >= 4 is 16.6 Å². The number of allylic oxidation sites excluding steroid dienone is 4. The van der Waals surface area contributed by atoms with Gasteiger partial charge in [-0.15, -0.1) is 0 Å². The van der Waals surface area contributed by atoms with E-state index in [1.54, 1.807) is 5.57 Å². The Kier molecular flexibility index (Phi) is 10.8. The normalized spacial score (nSPS) is 31.6. The van der Waals surface area contributed by atoms with Gasteiger partial charge in [-0.05, 0) is 138 Å². The molecular weight excluding hydrogens is 521 g/mol. The van der Waals surface area contributed by atoms with E-state index >= 15 is 0 Å². The van der Waals surface area contributed by atoms with Crippen LogP contribution in [-0.4, -0.2) is 28.3 Å². The van der Waals surface area contributed by atoms with E-state index in [4.69, 9.17) is 8.85 Å². The number of rotatable bonds is 10. The van der Waals surface area contributed by atoms with Gasteiger partial charge >= 0.3 is 0 Å². The molecule has 0 aromatic rings. The largest absolute Gasteiger partial charge is 0.414 e. The molecule has 3 saturated carbocycles. The lowest BCUT2D eigenvalue weighted by Gasteiger charge is -2.44. The third-order valence-corrected chi connectivity index (χ3v) is 16.9. The predicted molar refractivity (Wildman–Crippen MR) is 181 cm³/mol. The van der Waals surface area contributed by atoms with Crippen molar-refractivity contribution < 1.29 is 8.85 Å². The highest BCUT2D eigenvalue weighted by Crippen LogP contribution is 2.60. The Morgan fingerprint density at radius 1 is 1.00 bits per heavy atom. The smallest absolute Gasteiger partial charge is 0.192 e. The Hall–Kier alpha value is -0.426. The maximum atomic E-state index is 6.85. The van der Waals surface area contributed by atoms with Crippen LogP contribution in [0.4, 0.5) is 0 Å². The summed E-state index contributed by atoms with van der Waals surface area (Å²) in [7, 11) is -3.26. The van der Waals surface area contributed by atoms with Crippen molar-refractivity contribution in [2.24, 2.45) is 23.2 Å². The van der Waals surface area contributed by atoms with Gasteiger partial charge in [-0.3, -0.25) is 0 Å². The van der Waals surface area contributed by atoms with E-state index in [-0.39, 0.29) is 10.6 Å². The Morgan fingerprint density at radius 3 is 2.30 bits per heavy atom. The first-order chi connectivity index (χ1) is 18.2. The van der Waals surface area contributed by atoms with Crippen LogP contribution in [0, 0.1) is 23.2 Å². The number of hydrogen-bond donors (Lipinski definition) is 0. The Morgan fingerprint density at radius 2 is 1.68 bits per heavy atom. The summed E-state index contributed by atoms with van der Waals surface area (Å²) in [5.41, 5.74) is 4.98. The van der Waals surface area contributed by atoms with Gasteiger partial charge in [-0.1, -0.05) is 77.3 Å². The average molecular weight is 587 g/mol. The van der Waals surface area contributed by atoms with Crippen molar-refractivity contribution in [1.29, 1.82) is 0 Å². The SMILES string of the molecule is C=C1CCC(O[Si](C)(C)C(C)(C)C)C/C1=C/C=C1\CCC[C@]2(C)[C@@H]([C@@H](C)CCCC(C)(C)O[Si](C)(C)C)CC[C@@H]12. The number of fused-ring (bicyclic) bond motifs is 1. The van der Waals surface area contributed by atoms with Gasteiger partial charge in [0.15, 0.2) is 16.6 Å². The first-order valence-electron chi connectivity index (χ1n) is 16.7. The minimum Gasteiger partial charge on any atom is -0.414 e. The van der Waals surface area contributed by atoms with E-state index in [1.165, 1.54) is 62.5 Å². The summed E-state index contributed by atoms with van der Waals surface area (Å²) in [6.07, 6.45) is 19.2. The zero-order valence-electron chi connectivity index (χ0n) is 28.8. The molecule has 0 aromatic heterocycles. The van der Waals surface area contributed by atoms with Gasteiger partial charge in [0.25, 0.3) is 0 Å². The molecule has 2 nitrogen and oxygen atoms in total. The molecule has 5 atom stereocenters. The Bertz CT molecular complexity index is 945. The highest BCUT2D eigenvalue weighted by Gasteiger charge is 2.50. The molecule has 0 radical (unpaired) electrons. The lowest BCUT2D eigenvalue weighted by atomic mass is 9.60. The molecular formula is C36H66O2Si2. The van der Waals surface area contributed by atoms with Gasteiger partial charge < -0.3 is 8.85 Å². The van der Waals surface area contributed by atoms with Crippen molar-refractivity contribution in [1.82, 2.24) is 0 Å². The molecule has 230 valence electrons. The number of hydrogen-bond acceptors (Lipinski definition) is 2. The van der Waals surface area contributed by atoms with E-state index in [0.29, 0.717) is 11.5 Å². The zero-order chi connectivity index (χ0) is 30.1. The minimum absolute atomic E-state index is 0.0123. The van der Waals surface area contributed by atoms with E-state index in [2.05, 4.69) is 99.9 Å². The molecule has 0 amide bonds. The lowest BCUT2D eigenvalue weighted by Crippen LogP contribution is -2.44. The molecule has 0 heterocycles. The fourth-order valence-electron chi connectivity index (χ4n) is 8.22. The molecule has 0 N–H and O–H groups in total. The van der Waals surface area contributed by atoms with Crippen LogP contribution >= 0.6 is 0 Å². The molecule has 0 aromatic carbocycles. The summed E-state index contributed by atoms with van der Waals surface area (Å²) in [6, 6.07) is 0.